The molecule has 2 rings (SSSR count). The molecule has 0 aromatic heterocycles. The van der Waals surface area contributed by atoms with Crippen LogP contribution in [-0.2, 0) is 4.79 Å². The molecule has 6 heteroatoms. The van der Waals surface area contributed by atoms with Crippen LogP contribution in [0.5, 0.6) is 0 Å². The van der Waals surface area contributed by atoms with Crippen LogP contribution >= 0.6 is 31.9 Å². The minimum absolute atomic E-state index is 0.0718. The number of anilines is 2. The Balaban J connectivity index is 0.000000200. The molecule has 2 unspecified atom stereocenters. The second-order valence-electron chi connectivity index (χ2n) is 3.91. The van der Waals surface area contributed by atoms with Gasteiger partial charge in [-0.05, 0) is 12.1 Å². The lowest BCUT2D eigenvalue weighted by atomic mass is 10.0. The van der Waals surface area contributed by atoms with Crippen molar-refractivity contribution in [3.63, 3.8) is 0 Å². The van der Waals surface area contributed by atoms with Crippen molar-refractivity contribution in [3.8, 4) is 0 Å². The number of primary amides is 1. The average Bonchev–Trinajstić information content (AvgIpc) is 2.37. The number of para-hydroxylation sites is 2. The van der Waals surface area contributed by atoms with Crippen molar-refractivity contribution >= 4 is 49.1 Å². The van der Waals surface area contributed by atoms with Crippen LogP contribution in [0.1, 0.15) is 0 Å². The van der Waals surface area contributed by atoms with Gasteiger partial charge in [-0.25, -0.2) is 0 Å². The molecule has 0 aliphatic heterocycles. The monoisotopic (exact) mass is 387 g/mol. The molecule has 0 bridgehead atoms. The maximum atomic E-state index is 10.9. The summed E-state index contributed by atoms with van der Waals surface area (Å²) in [6.07, 6.45) is 7.24. The van der Waals surface area contributed by atoms with Gasteiger partial charge in [0.2, 0.25) is 5.91 Å². The zero-order chi connectivity index (χ0) is 14.5. The van der Waals surface area contributed by atoms with E-state index in [0.29, 0.717) is 11.4 Å². The zero-order valence-electron chi connectivity index (χ0n) is 10.1. The number of nitrogen functional groups attached to an aromatic ring is 2. The van der Waals surface area contributed by atoms with Crippen molar-refractivity contribution < 1.29 is 4.79 Å². The summed E-state index contributed by atoms with van der Waals surface area (Å²) in [5, 5.41) is 0. The van der Waals surface area contributed by atoms with E-state index in [1.54, 1.807) is 24.3 Å². The molecule has 1 aromatic carbocycles. The first-order valence-electron chi connectivity index (χ1n) is 5.47. The smallest absolute Gasteiger partial charge is 0.239 e. The number of amides is 1. The van der Waals surface area contributed by atoms with Crippen LogP contribution in [0.3, 0.4) is 0 Å². The highest BCUT2D eigenvalue weighted by atomic mass is 79.9. The second-order valence-corrected chi connectivity index (χ2v) is 6.21. The summed E-state index contributed by atoms with van der Waals surface area (Å²) in [6, 6.07) is 7.25. The summed E-state index contributed by atoms with van der Waals surface area (Å²) in [4.78, 5) is 10.9. The van der Waals surface area contributed by atoms with Crippen LogP contribution in [-0.4, -0.2) is 15.1 Å². The third-order valence-electron chi connectivity index (χ3n) is 2.50. The normalized spacial score (nSPS) is 24.4. The van der Waals surface area contributed by atoms with Crippen LogP contribution in [0.25, 0.3) is 0 Å². The van der Waals surface area contributed by atoms with Crippen LogP contribution in [0.4, 0.5) is 11.4 Å². The summed E-state index contributed by atoms with van der Waals surface area (Å²) >= 11 is 6.59. The fourth-order valence-corrected chi connectivity index (χ4v) is 2.18. The van der Waals surface area contributed by atoms with Crippen LogP contribution in [0.2, 0.25) is 0 Å². The van der Waals surface area contributed by atoms with E-state index in [-0.39, 0.29) is 10.7 Å². The Bertz CT molecular complexity index is 495. The van der Waals surface area contributed by atoms with Crippen LogP contribution < -0.4 is 17.2 Å². The molecule has 1 amide bonds. The Kier molecular flexibility index (Phi) is 5.62. The summed E-state index contributed by atoms with van der Waals surface area (Å²) in [5.74, 6) is -0.389. The second kappa shape index (κ2) is 6.77. The molecule has 102 valence electrons. The molecule has 0 heterocycles. The highest BCUT2D eigenvalue weighted by Crippen LogP contribution is 2.32. The van der Waals surface area contributed by atoms with Crippen molar-refractivity contribution in [3.05, 3.63) is 48.6 Å². The highest BCUT2D eigenvalue weighted by molar-refractivity contribution is 9.13. The first-order valence-corrected chi connectivity index (χ1v) is 7.17. The Morgan fingerprint density at radius 3 is 2.00 bits per heavy atom. The molecule has 1 aliphatic rings. The lowest BCUT2D eigenvalue weighted by Crippen LogP contribution is -2.43. The minimum atomic E-state index is -0.762. The first kappa shape index (κ1) is 15.8. The molecular formula is C13H15Br2N3O. The number of rotatable bonds is 1. The quantitative estimate of drug-likeness (QED) is 0.509. The SMILES string of the molecule is NC(=O)C1(Br)C=CC=CC1Br.Nc1ccccc1N. The number of nitrogens with two attached hydrogens (primary N) is 3. The molecule has 6 N–H and O–H groups in total. The van der Waals surface area contributed by atoms with Gasteiger partial charge in [-0.15, -0.1) is 0 Å². The van der Waals surface area contributed by atoms with E-state index in [2.05, 4.69) is 31.9 Å². The van der Waals surface area contributed by atoms with E-state index >= 15 is 0 Å². The number of carbonyl (C=O) groups excluding carboxylic acids is 1. The maximum Gasteiger partial charge on any atom is 0.239 e. The Hall–Kier alpha value is -1.27. The Morgan fingerprint density at radius 1 is 1.16 bits per heavy atom. The molecule has 1 aromatic rings. The van der Waals surface area contributed by atoms with Gasteiger partial charge in [0.25, 0.3) is 0 Å². The number of allylic oxidation sites excluding steroid dienone is 3. The maximum absolute atomic E-state index is 10.9. The van der Waals surface area contributed by atoms with Gasteiger partial charge >= 0.3 is 0 Å². The van der Waals surface area contributed by atoms with Crippen LogP contribution in [0, 0.1) is 0 Å². The molecule has 0 fully saturated rings. The number of hydrogen-bond acceptors (Lipinski definition) is 3. The van der Waals surface area contributed by atoms with Gasteiger partial charge in [-0.1, -0.05) is 68.3 Å². The van der Waals surface area contributed by atoms with Crippen molar-refractivity contribution in [1.29, 1.82) is 0 Å². The third-order valence-corrected chi connectivity index (χ3v) is 5.30. The fraction of sp³-hybridized carbons (Fsp3) is 0.154. The van der Waals surface area contributed by atoms with E-state index in [4.69, 9.17) is 17.2 Å². The summed E-state index contributed by atoms with van der Waals surface area (Å²) in [6.45, 7) is 0. The number of alkyl halides is 2. The molecule has 0 spiro atoms. The molecule has 4 nitrogen and oxygen atoms in total. The van der Waals surface area contributed by atoms with Gasteiger partial charge in [0.15, 0.2) is 0 Å². The number of halogens is 2. The highest BCUT2D eigenvalue weighted by Gasteiger charge is 2.37. The zero-order valence-corrected chi connectivity index (χ0v) is 13.3. The lowest BCUT2D eigenvalue weighted by molar-refractivity contribution is -0.118. The molecule has 0 saturated carbocycles. The number of carbonyl (C=O) groups is 1. The largest absolute Gasteiger partial charge is 0.397 e. The summed E-state index contributed by atoms with van der Waals surface area (Å²) in [5.41, 5.74) is 17.3. The van der Waals surface area contributed by atoms with E-state index in [0.717, 1.165) is 0 Å². The molecular weight excluding hydrogens is 374 g/mol. The van der Waals surface area contributed by atoms with Crippen molar-refractivity contribution in [2.75, 3.05) is 11.5 Å². The van der Waals surface area contributed by atoms with Crippen molar-refractivity contribution in [1.82, 2.24) is 0 Å². The predicted octanol–water partition coefficient (Wildman–Crippen LogP) is 2.35. The van der Waals surface area contributed by atoms with Gasteiger partial charge in [-0.3, -0.25) is 4.79 Å². The third kappa shape index (κ3) is 4.11. The lowest BCUT2D eigenvalue weighted by Gasteiger charge is -2.25. The summed E-state index contributed by atoms with van der Waals surface area (Å²) < 4.78 is -0.762. The van der Waals surface area contributed by atoms with Gasteiger partial charge in [0, 0.05) is 0 Å². The topological polar surface area (TPSA) is 95.1 Å². The van der Waals surface area contributed by atoms with Crippen molar-refractivity contribution in [2.45, 2.75) is 9.15 Å². The number of benzene rings is 1. The standard InChI is InChI=1S/C7H7Br2NO.C6H8N2/c8-5-3-1-2-4-7(5,9)6(10)11;7-5-3-1-2-4-6(5)8/h1-5H,(H2,10,11);1-4H,7-8H2. The van der Waals surface area contributed by atoms with E-state index in [9.17, 15) is 4.79 Å². The van der Waals surface area contributed by atoms with Gasteiger partial charge < -0.3 is 17.2 Å². The first-order chi connectivity index (χ1) is 8.88. The molecule has 0 saturated heterocycles. The van der Waals surface area contributed by atoms with Gasteiger partial charge in [0.1, 0.15) is 4.32 Å². The Morgan fingerprint density at radius 2 is 1.68 bits per heavy atom. The average molecular weight is 389 g/mol. The minimum Gasteiger partial charge on any atom is -0.397 e. The van der Waals surface area contributed by atoms with Crippen LogP contribution in [0.15, 0.2) is 48.6 Å². The predicted molar refractivity (Wildman–Crippen MR) is 87.1 cm³/mol. The molecule has 19 heavy (non-hydrogen) atoms. The Labute approximate surface area is 129 Å². The van der Waals surface area contributed by atoms with Crippen molar-refractivity contribution in [2.24, 2.45) is 5.73 Å². The molecule has 0 radical (unpaired) electrons. The fourth-order valence-electron chi connectivity index (χ4n) is 1.32. The van der Waals surface area contributed by atoms with E-state index in [1.807, 2.05) is 24.3 Å². The van der Waals surface area contributed by atoms with E-state index in [1.165, 1.54) is 0 Å². The van der Waals surface area contributed by atoms with E-state index < -0.39 is 4.32 Å². The molecule has 1 aliphatic carbocycles. The molecule has 2 atom stereocenters. The number of hydrogen-bond donors (Lipinski definition) is 3. The van der Waals surface area contributed by atoms with Gasteiger partial charge in [0.05, 0.1) is 16.2 Å². The summed E-state index contributed by atoms with van der Waals surface area (Å²) in [7, 11) is 0. The van der Waals surface area contributed by atoms with Gasteiger partial charge in [-0.2, -0.15) is 0 Å².